The van der Waals surface area contributed by atoms with Crippen LogP contribution in [0.5, 0.6) is 5.75 Å². The first kappa shape index (κ1) is 17.9. The maximum atomic E-state index is 10.9. The second-order valence-corrected chi connectivity index (χ2v) is 6.32. The molecule has 0 bridgehead atoms. The van der Waals surface area contributed by atoms with E-state index in [1.165, 1.54) is 0 Å². The maximum Gasteiger partial charge on any atom is 0.335 e. The molecule has 2 aromatic carbocycles. The molecule has 0 saturated carbocycles. The van der Waals surface area contributed by atoms with Gasteiger partial charge in [0, 0.05) is 38.3 Å². The van der Waals surface area contributed by atoms with E-state index in [0.717, 1.165) is 56.0 Å². The van der Waals surface area contributed by atoms with E-state index in [2.05, 4.69) is 11.0 Å². The number of carbonyl (C=O) groups is 2. The summed E-state index contributed by atoms with van der Waals surface area (Å²) in [7, 11) is 0. The average molecular weight is 354 g/mol. The molecule has 1 aliphatic heterocycles. The van der Waals surface area contributed by atoms with E-state index in [1.807, 2.05) is 18.2 Å². The zero-order valence-corrected chi connectivity index (χ0v) is 14.5. The van der Waals surface area contributed by atoms with Gasteiger partial charge in [-0.05, 0) is 23.8 Å². The maximum absolute atomic E-state index is 10.9. The molecule has 0 unspecified atom stereocenters. The third kappa shape index (κ3) is 4.61. The van der Waals surface area contributed by atoms with Crippen molar-refractivity contribution < 1.29 is 19.4 Å². The zero-order valence-electron chi connectivity index (χ0n) is 14.5. The van der Waals surface area contributed by atoms with Crippen molar-refractivity contribution in [3.05, 3.63) is 65.2 Å². The van der Waals surface area contributed by atoms with Gasteiger partial charge in [-0.15, -0.1) is 0 Å². The minimum Gasteiger partial charge on any atom is -0.489 e. The lowest BCUT2D eigenvalue weighted by molar-refractivity contribution is -0.119. The van der Waals surface area contributed by atoms with Crippen molar-refractivity contribution in [3.8, 4) is 5.75 Å². The van der Waals surface area contributed by atoms with Crippen LogP contribution in [0.25, 0.3) is 0 Å². The van der Waals surface area contributed by atoms with Crippen molar-refractivity contribution in [2.45, 2.75) is 13.2 Å². The van der Waals surface area contributed by atoms with Crippen LogP contribution in [-0.4, -0.2) is 53.5 Å². The van der Waals surface area contributed by atoms with Gasteiger partial charge in [0.1, 0.15) is 12.4 Å². The summed E-state index contributed by atoms with van der Waals surface area (Å²) >= 11 is 0. The SMILES string of the molecule is O=CN1CCN(Cc2ccccc2OCc2ccc(C(=O)O)cc2)CC1. The van der Waals surface area contributed by atoms with Crippen molar-refractivity contribution in [2.75, 3.05) is 26.2 Å². The topological polar surface area (TPSA) is 70.1 Å². The van der Waals surface area contributed by atoms with Crippen molar-refractivity contribution in [1.82, 2.24) is 9.80 Å². The van der Waals surface area contributed by atoms with Crippen molar-refractivity contribution in [3.63, 3.8) is 0 Å². The van der Waals surface area contributed by atoms with Gasteiger partial charge in [-0.25, -0.2) is 4.79 Å². The number of carbonyl (C=O) groups excluding carboxylic acids is 1. The van der Waals surface area contributed by atoms with Crippen LogP contribution in [0.1, 0.15) is 21.5 Å². The van der Waals surface area contributed by atoms with E-state index < -0.39 is 5.97 Å². The summed E-state index contributed by atoms with van der Waals surface area (Å²) in [5.74, 6) is -0.106. The first-order chi connectivity index (χ1) is 12.7. The summed E-state index contributed by atoms with van der Waals surface area (Å²) in [5, 5.41) is 8.95. The lowest BCUT2D eigenvalue weighted by atomic mass is 10.1. The fourth-order valence-corrected chi connectivity index (χ4v) is 2.95. The van der Waals surface area contributed by atoms with Crippen molar-refractivity contribution in [1.29, 1.82) is 0 Å². The van der Waals surface area contributed by atoms with Crippen LogP contribution in [0.4, 0.5) is 0 Å². The molecule has 0 spiro atoms. The minimum absolute atomic E-state index is 0.267. The van der Waals surface area contributed by atoms with Crippen LogP contribution in [0.3, 0.4) is 0 Å². The number of piperazine rings is 1. The van der Waals surface area contributed by atoms with Gasteiger partial charge in [-0.1, -0.05) is 30.3 Å². The highest BCUT2D eigenvalue weighted by Gasteiger charge is 2.17. The molecule has 1 amide bonds. The average Bonchev–Trinajstić information content (AvgIpc) is 2.68. The molecule has 2 aromatic rings. The Labute approximate surface area is 152 Å². The second-order valence-electron chi connectivity index (χ2n) is 6.32. The molecule has 26 heavy (non-hydrogen) atoms. The molecule has 0 aliphatic carbocycles. The Bertz CT molecular complexity index is 753. The van der Waals surface area contributed by atoms with E-state index in [1.54, 1.807) is 29.2 Å². The Morgan fingerprint density at radius 3 is 2.38 bits per heavy atom. The largest absolute Gasteiger partial charge is 0.489 e. The molecule has 0 atom stereocenters. The molecular formula is C20H22N2O4. The van der Waals surface area contributed by atoms with Gasteiger partial charge in [0.2, 0.25) is 6.41 Å². The second kappa shape index (κ2) is 8.49. The van der Waals surface area contributed by atoms with Crippen molar-refractivity contribution >= 4 is 12.4 Å². The number of para-hydroxylation sites is 1. The summed E-state index contributed by atoms with van der Waals surface area (Å²) in [6.07, 6.45) is 0.907. The predicted molar refractivity (Wildman–Crippen MR) is 97.1 cm³/mol. The lowest BCUT2D eigenvalue weighted by Crippen LogP contribution is -2.45. The molecule has 6 heteroatoms. The number of ether oxygens (including phenoxy) is 1. The molecule has 1 aliphatic rings. The highest BCUT2D eigenvalue weighted by Crippen LogP contribution is 2.22. The fourth-order valence-electron chi connectivity index (χ4n) is 2.95. The predicted octanol–water partition coefficient (Wildman–Crippen LogP) is 2.24. The zero-order chi connectivity index (χ0) is 18.4. The highest BCUT2D eigenvalue weighted by molar-refractivity contribution is 5.87. The summed E-state index contributed by atoms with van der Waals surface area (Å²) in [5.41, 5.74) is 2.29. The lowest BCUT2D eigenvalue weighted by Gasteiger charge is -2.32. The molecule has 0 aromatic heterocycles. The third-order valence-electron chi connectivity index (χ3n) is 4.52. The monoisotopic (exact) mass is 354 g/mol. The van der Waals surface area contributed by atoms with Crippen LogP contribution in [0.2, 0.25) is 0 Å². The number of amides is 1. The minimum atomic E-state index is -0.933. The van der Waals surface area contributed by atoms with Crippen LogP contribution >= 0.6 is 0 Å². The van der Waals surface area contributed by atoms with Gasteiger partial charge in [-0.2, -0.15) is 0 Å². The van der Waals surface area contributed by atoms with E-state index in [9.17, 15) is 9.59 Å². The van der Waals surface area contributed by atoms with Crippen LogP contribution in [0.15, 0.2) is 48.5 Å². The first-order valence-electron chi connectivity index (χ1n) is 8.60. The number of hydrogen-bond acceptors (Lipinski definition) is 4. The molecule has 3 rings (SSSR count). The molecule has 6 nitrogen and oxygen atoms in total. The number of benzene rings is 2. The van der Waals surface area contributed by atoms with E-state index in [4.69, 9.17) is 9.84 Å². The smallest absolute Gasteiger partial charge is 0.335 e. The molecular weight excluding hydrogens is 332 g/mol. The van der Waals surface area contributed by atoms with Gasteiger partial charge in [0.05, 0.1) is 5.56 Å². The molecule has 1 saturated heterocycles. The number of carboxylic acids is 1. The van der Waals surface area contributed by atoms with Gasteiger partial charge in [-0.3, -0.25) is 9.69 Å². The Morgan fingerprint density at radius 2 is 1.73 bits per heavy atom. The van der Waals surface area contributed by atoms with E-state index >= 15 is 0 Å². The third-order valence-corrected chi connectivity index (χ3v) is 4.52. The normalized spacial score (nSPS) is 14.8. The summed E-state index contributed by atoms with van der Waals surface area (Å²) in [6.45, 7) is 4.37. The van der Waals surface area contributed by atoms with Crippen LogP contribution in [-0.2, 0) is 17.9 Å². The van der Waals surface area contributed by atoms with Crippen molar-refractivity contribution in [2.24, 2.45) is 0 Å². The van der Waals surface area contributed by atoms with Gasteiger partial charge in [0.15, 0.2) is 0 Å². The Hall–Kier alpha value is -2.86. The fraction of sp³-hybridized carbons (Fsp3) is 0.300. The standard InChI is InChI=1S/C20H22N2O4/c23-15-22-11-9-21(10-12-22)13-18-3-1-2-4-19(18)26-14-16-5-7-17(8-6-16)20(24)25/h1-8,15H,9-14H2,(H,24,25). The van der Waals surface area contributed by atoms with Gasteiger partial charge >= 0.3 is 5.97 Å². The quantitative estimate of drug-likeness (QED) is 0.772. The number of rotatable bonds is 7. The number of nitrogens with zero attached hydrogens (tertiary/aromatic N) is 2. The molecule has 1 N–H and O–H groups in total. The summed E-state index contributed by atoms with van der Waals surface area (Å²) < 4.78 is 5.97. The molecule has 1 fully saturated rings. The first-order valence-corrected chi connectivity index (χ1v) is 8.60. The summed E-state index contributed by atoms with van der Waals surface area (Å²) in [6, 6.07) is 14.6. The summed E-state index contributed by atoms with van der Waals surface area (Å²) in [4.78, 5) is 25.8. The Kier molecular flexibility index (Phi) is 5.86. The number of aromatic carboxylic acids is 1. The molecule has 0 radical (unpaired) electrons. The Balaban J connectivity index is 1.60. The van der Waals surface area contributed by atoms with Crippen LogP contribution in [0, 0.1) is 0 Å². The van der Waals surface area contributed by atoms with Gasteiger partial charge in [0.25, 0.3) is 0 Å². The highest BCUT2D eigenvalue weighted by atomic mass is 16.5. The van der Waals surface area contributed by atoms with E-state index in [-0.39, 0.29) is 5.56 Å². The Morgan fingerprint density at radius 1 is 1.04 bits per heavy atom. The molecule has 1 heterocycles. The number of carboxylic acid groups (broad SMARTS) is 1. The van der Waals surface area contributed by atoms with E-state index in [0.29, 0.717) is 6.61 Å². The van der Waals surface area contributed by atoms with Crippen LogP contribution < -0.4 is 4.74 Å². The molecule has 136 valence electrons. The number of hydrogen-bond donors (Lipinski definition) is 1. The van der Waals surface area contributed by atoms with Gasteiger partial charge < -0.3 is 14.7 Å².